The van der Waals surface area contributed by atoms with Crippen LogP contribution in [-0.4, -0.2) is 55.0 Å². The molecule has 0 aliphatic carbocycles. The number of amides is 1. The highest BCUT2D eigenvalue weighted by Gasteiger charge is 2.44. The molecule has 1 aliphatic heterocycles. The third kappa shape index (κ3) is 4.66. The van der Waals surface area contributed by atoms with E-state index >= 15 is 0 Å². The zero-order valence-electron chi connectivity index (χ0n) is 18.6. The van der Waals surface area contributed by atoms with E-state index in [-0.39, 0.29) is 11.3 Å². The maximum absolute atomic E-state index is 13.2. The number of nitrogens with zero attached hydrogens (tertiary/aromatic N) is 1. The van der Waals surface area contributed by atoms with E-state index in [0.29, 0.717) is 18.1 Å². The van der Waals surface area contributed by atoms with Crippen LogP contribution in [0.3, 0.4) is 0 Å². The Morgan fingerprint density at radius 1 is 1.16 bits per heavy atom. The first-order chi connectivity index (χ1) is 14.9. The topological polar surface area (TPSA) is 84.4 Å². The van der Waals surface area contributed by atoms with Crippen LogP contribution < -0.4 is 9.64 Å². The summed E-state index contributed by atoms with van der Waals surface area (Å²) in [7, 11) is 1.58. The number of hydrogen-bond acceptors (Lipinski definition) is 5. The predicted molar refractivity (Wildman–Crippen MR) is 116 cm³/mol. The number of ether oxygens (including phenoxy) is 1. The van der Waals surface area contributed by atoms with Crippen LogP contribution in [0.2, 0.25) is 0 Å². The lowest BCUT2D eigenvalue weighted by Gasteiger charge is -2.27. The van der Waals surface area contributed by atoms with Crippen LogP contribution in [0, 0.1) is 6.92 Å². The van der Waals surface area contributed by atoms with Gasteiger partial charge in [0.1, 0.15) is 11.5 Å². The molecule has 3 rings (SSSR count). The third-order valence-electron chi connectivity index (χ3n) is 5.87. The molecule has 1 aliphatic rings. The molecule has 1 aromatic carbocycles. The summed E-state index contributed by atoms with van der Waals surface area (Å²) in [4.78, 5) is 29.2. The highest BCUT2D eigenvalue weighted by molar-refractivity contribution is 6.15. The number of carbonyl (C=O) groups is 2. The van der Waals surface area contributed by atoms with Crippen molar-refractivity contribution >= 4 is 11.7 Å². The number of Topliss-reactive ketones (excluding diaryl/α,β-unsaturated/α-hetero) is 1. The second-order valence-corrected chi connectivity index (χ2v) is 7.74. The molecule has 2 heterocycles. The summed E-state index contributed by atoms with van der Waals surface area (Å²) in [5.41, 5.74) is 0.791. The summed E-state index contributed by atoms with van der Waals surface area (Å²) >= 11 is 0. The standard InChI is InChI=1S/C24H30N2O5/c1-5-25(6-2)14-7-15-26-21(17-9-11-18(30-4)12-10-17)20(23(28)24(26)29)22(27)19-13-8-16(3)31-19/h8-13,21,28H,5-7,14-15H2,1-4H3/p+1/t21-/m1/s1. The van der Waals surface area contributed by atoms with Crippen LogP contribution in [0.15, 0.2) is 52.1 Å². The second-order valence-electron chi connectivity index (χ2n) is 7.74. The van der Waals surface area contributed by atoms with Gasteiger partial charge in [-0.3, -0.25) is 9.59 Å². The van der Waals surface area contributed by atoms with Gasteiger partial charge in [0.15, 0.2) is 11.5 Å². The van der Waals surface area contributed by atoms with Crippen LogP contribution in [0.5, 0.6) is 5.75 Å². The van der Waals surface area contributed by atoms with Gasteiger partial charge in [-0.1, -0.05) is 12.1 Å². The van der Waals surface area contributed by atoms with Crippen molar-refractivity contribution in [2.75, 3.05) is 33.3 Å². The van der Waals surface area contributed by atoms with E-state index in [1.54, 1.807) is 43.2 Å². The fourth-order valence-corrected chi connectivity index (χ4v) is 4.04. The molecule has 0 saturated carbocycles. The van der Waals surface area contributed by atoms with E-state index in [1.807, 2.05) is 12.1 Å². The Morgan fingerprint density at radius 2 is 1.84 bits per heavy atom. The molecule has 166 valence electrons. The number of furan rings is 1. The lowest BCUT2D eigenvalue weighted by molar-refractivity contribution is -0.896. The molecular formula is C24H31N2O5+. The number of hydrogen-bond donors (Lipinski definition) is 2. The maximum Gasteiger partial charge on any atom is 0.290 e. The molecule has 2 N–H and O–H groups in total. The summed E-state index contributed by atoms with van der Waals surface area (Å²) in [6, 6.07) is 9.79. The molecule has 1 atom stereocenters. The number of ketones is 1. The summed E-state index contributed by atoms with van der Waals surface area (Å²) in [5, 5.41) is 10.7. The van der Waals surface area contributed by atoms with Crippen molar-refractivity contribution in [3.8, 4) is 5.75 Å². The van der Waals surface area contributed by atoms with E-state index in [9.17, 15) is 14.7 Å². The molecular weight excluding hydrogens is 396 g/mol. The Morgan fingerprint density at radius 3 is 2.39 bits per heavy atom. The first kappa shape index (κ1) is 22.6. The number of rotatable bonds is 10. The predicted octanol–water partition coefficient (Wildman–Crippen LogP) is 2.49. The Labute approximate surface area is 182 Å². The molecule has 7 heteroatoms. The number of nitrogens with one attached hydrogen (secondary N) is 1. The molecule has 0 saturated heterocycles. The van der Waals surface area contributed by atoms with Gasteiger partial charge in [-0.15, -0.1) is 0 Å². The van der Waals surface area contributed by atoms with Crippen LogP contribution in [0.1, 0.15) is 48.2 Å². The fourth-order valence-electron chi connectivity index (χ4n) is 4.04. The van der Waals surface area contributed by atoms with Crippen molar-refractivity contribution in [1.82, 2.24) is 4.90 Å². The minimum atomic E-state index is -0.678. The Bertz CT molecular complexity index is 957. The number of aliphatic hydroxyl groups is 1. The lowest BCUT2D eigenvalue weighted by Crippen LogP contribution is -3.11. The van der Waals surface area contributed by atoms with E-state index in [0.717, 1.165) is 31.6 Å². The molecule has 0 spiro atoms. The molecule has 0 bridgehead atoms. The number of aliphatic hydroxyl groups excluding tert-OH is 1. The largest absolute Gasteiger partial charge is 0.503 e. The van der Waals surface area contributed by atoms with Crippen molar-refractivity contribution in [2.24, 2.45) is 0 Å². The van der Waals surface area contributed by atoms with Crippen LogP contribution >= 0.6 is 0 Å². The van der Waals surface area contributed by atoms with E-state index in [4.69, 9.17) is 9.15 Å². The van der Waals surface area contributed by atoms with E-state index in [1.165, 1.54) is 4.90 Å². The zero-order chi connectivity index (χ0) is 22.5. The van der Waals surface area contributed by atoms with Crippen LogP contribution in [-0.2, 0) is 4.79 Å². The maximum atomic E-state index is 13.2. The third-order valence-corrected chi connectivity index (χ3v) is 5.87. The minimum absolute atomic E-state index is 0.0553. The number of carbonyl (C=O) groups excluding carboxylic acids is 2. The smallest absolute Gasteiger partial charge is 0.290 e. The Balaban J connectivity index is 1.94. The number of benzene rings is 1. The number of quaternary nitrogens is 1. The van der Waals surface area contributed by atoms with Gasteiger partial charge in [-0.2, -0.15) is 0 Å². The molecule has 0 unspecified atom stereocenters. The average molecular weight is 428 g/mol. The lowest BCUT2D eigenvalue weighted by atomic mass is 9.95. The van der Waals surface area contributed by atoms with Crippen LogP contribution in [0.4, 0.5) is 0 Å². The van der Waals surface area contributed by atoms with Gasteiger partial charge >= 0.3 is 0 Å². The number of methoxy groups -OCH3 is 1. The van der Waals surface area contributed by atoms with Crippen molar-refractivity contribution in [1.29, 1.82) is 0 Å². The molecule has 0 radical (unpaired) electrons. The minimum Gasteiger partial charge on any atom is -0.503 e. The fraction of sp³-hybridized carbons (Fsp3) is 0.417. The van der Waals surface area contributed by atoms with Gasteiger partial charge in [0, 0.05) is 13.0 Å². The molecule has 31 heavy (non-hydrogen) atoms. The van der Waals surface area contributed by atoms with Crippen molar-refractivity contribution in [3.05, 3.63) is 64.8 Å². The van der Waals surface area contributed by atoms with Gasteiger partial charge in [0.2, 0.25) is 5.78 Å². The molecule has 1 amide bonds. The molecule has 7 nitrogen and oxygen atoms in total. The zero-order valence-corrected chi connectivity index (χ0v) is 18.6. The highest BCUT2D eigenvalue weighted by Crippen LogP contribution is 2.39. The average Bonchev–Trinajstić information content (AvgIpc) is 3.33. The van der Waals surface area contributed by atoms with E-state index < -0.39 is 23.5 Å². The van der Waals surface area contributed by atoms with Crippen molar-refractivity contribution in [2.45, 2.75) is 33.2 Å². The normalized spacial score (nSPS) is 16.5. The van der Waals surface area contributed by atoms with Crippen molar-refractivity contribution in [3.63, 3.8) is 0 Å². The monoisotopic (exact) mass is 427 g/mol. The van der Waals surface area contributed by atoms with Gasteiger partial charge in [0.25, 0.3) is 5.91 Å². The molecule has 1 aromatic heterocycles. The Hall–Kier alpha value is -3.06. The first-order valence-electron chi connectivity index (χ1n) is 10.7. The number of aryl methyl sites for hydroxylation is 1. The molecule has 2 aromatic rings. The summed E-state index contributed by atoms with van der Waals surface area (Å²) in [5.74, 6) is -0.131. The van der Waals surface area contributed by atoms with Gasteiger partial charge in [-0.25, -0.2) is 0 Å². The van der Waals surface area contributed by atoms with Crippen molar-refractivity contribution < 1.29 is 28.7 Å². The Kier molecular flexibility index (Phi) is 7.17. The first-order valence-corrected chi connectivity index (χ1v) is 10.7. The summed E-state index contributed by atoms with van der Waals surface area (Å²) < 4.78 is 10.7. The van der Waals surface area contributed by atoms with Gasteiger partial charge < -0.3 is 24.1 Å². The van der Waals surface area contributed by atoms with Crippen LogP contribution in [0.25, 0.3) is 0 Å². The molecule has 0 fully saturated rings. The van der Waals surface area contributed by atoms with Gasteiger partial charge in [-0.05, 0) is 50.6 Å². The highest BCUT2D eigenvalue weighted by atomic mass is 16.5. The van der Waals surface area contributed by atoms with Gasteiger partial charge in [0.05, 0.1) is 38.4 Å². The SMILES string of the molecule is CC[NH+](CC)CCCN1C(=O)C(O)=C(C(=O)c2ccc(C)o2)[C@H]1c1ccc(OC)cc1. The summed E-state index contributed by atoms with van der Waals surface area (Å²) in [6.45, 7) is 9.39. The second kappa shape index (κ2) is 9.83. The summed E-state index contributed by atoms with van der Waals surface area (Å²) in [6.07, 6.45) is 0.768. The van der Waals surface area contributed by atoms with E-state index in [2.05, 4.69) is 13.8 Å². The quantitative estimate of drug-likeness (QED) is 0.569.